The van der Waals surface area contributed by atoms with Gasteiger partial charge in [0.05, 0.1) is 5.56 Å². The zero-order valence-electron chi connectivity index (χ0n) is 11.5. The van der Waals surface area contributed by atoms with Gasteiger partial charge in [0.25, 0.3) is 5.91 Å². The van der Waals surface area contributed by atoms with Gasteiger partial charge in [-0.2, -0.15) is 0 Å². The van der Waals surface area contributed by atoms with Crippen molar-refractivity contribution in [1.82, 2.24) is 5.32 Å². The summed E-state index contributed by atoms with van der Waals surface area (Å²) >= 11 is 1.96. The van der Waals surface area contributed by atoms with Gasteiger partial charge in [0, 0.05) is 15.7 Å². The van der Waals surface area contributed by atoms with Crippen molar-refractivity contribution in [2.45, 2.75) is 32.7 Å². The summed E-state index contributed by atoms with van der Waals surface area (Å²) in [5.41, 5.74) is 5.80. The van der Waals surface area contributed by atoms with Gasteiger partial charge in [-0.1, -0.05) is 13.8 Å². The first-order valence-corrected chi connectivity index (χ1v) is 7.33. The molecule has 0 radical (unpaired) electrons. The number of carbonyl (C=O) groups excluding carboxylic acids is 1. The largest absolute Gasteiger partial charge is 0.346 e. The molecule has 1 amide bonds. The van der Waals surface area contributed by atoms with E-state index in [1.165, 1.54) is 18.2 Å². The molecule has 0 aliphatic rings. The van der Waals surface area contributed by atoms with Crippen molar-refractivity contribution in [3.05, 3.63) is 33.1 Å². The van der Waals surface area contributed by atoms with E-state index in [2.05, 4.69) is 19.2 Å². The maximum absolute atomic E-state index is 13.0. The predicted octanol–water partition coefficient (Wildman–Crippen LogP) is 2.92. The van der Waals surface area contributed by atoms with Gasteiger partial charge in [0.1, 0.15) is 5.82 Å². The van der Waals surface area contributed by atoms with Crippen LogP contribution in [0.25, 0.3) is 0 Å². The van der Waals surface area contributed by atoms with Gasteiger partial charge in [-0.25, -0.2) is 4.39 Å². The second-order valence-electron chi connectivity index (χ2n) is 5.44. The van der Waals surface area contributed by atoms with Crippen LogP contribution in [-0.2, 0) is 0 Å². The van der Waals surface area contributed by atoms with Crippen LogP contribution >= 0.6 is 22.6 Å². The quantitative estimate of drug-likeness (QED) is 0.775. The summed E-state index contributed by atoms with van der Waals surface area (Å²) in [6.07, 6.45) is 0.799. The molecule has 19 heavy (non-hydrogen) atoms. The fraction of sp³-hybridized carbons (Fsp3) is 0.500. The fourth-order valence-electron chi connectivity index (χ4n) is 2.10. The third kappa shape index (κ3) is 4.72. The Bertz CT molecular complexity index is 465. The van der Waals surface area contributed by atoms with E-state index in [0.717, 1.165) is 6.42 Å². The Morgan fingerprint density at radius 3 is 2.63 bits per heavy atom. The van der Waals surface area contributed by atoms with Crippen LogP contribution in [0.3, 0.4) is 0 Å². The van der Waals surface area contributed by atoms with Crippen LogP contribution in [0.4, 0.5) is 4.39 Å². The maximum Gasteiger partial charge on any atom is 0.252 e. The van der Waals surface area contributed by atoms with Gasteiger partial charge in [-0.05, 0) is 60.1 Å². The van der Waals surface area contributed by atoms with Crippen LogP contribution in [0, 0.1) is 15.3 Å². The summed E-state index contributed by atoms with van der Waals surface area (Å²) < 4.78 is 13.6. The Kier molecular flexibility index (Phi) is 5.73. The minimum atomic E-state index is -0.442. The monoisotopic (exact) mass is 378 g/mol. The molecule has 0 aromatic heterocycles. The highest BCUT2D eigenvalue weighted by Crippen LogP contribution is 2.18. The summed E-state index contributed by atoms with van der Waals surface area (Å²) in [4.78, 5) is 12.2. The number of carbonyl (C=O) groups is 1. The van der Waals surface area contributed by atoms with Crippen LogP contribution in [-0.4, -0.2) is 18.0 Å². The van der Waals surface area contributed by atoms with Crippen molar-refractivity contribution in [3.63, 3.8) is 0 Å². The lowest BCUT2D eigenvalue weighted by molar-refractivity contribution is 0.0897. The van der Waals surface area contributed by atoms with Crippen LogP contribution < -0.4 is 11.1 Å². The SMILES string of the molecule is CC(C)CC(C)(CN)NC(=O)c1ccc(F)cc1I. The summed E-state index contributed by atoms with van der Waals surface area (Å²) in [5.74, 6) is -0.121. The highest BCUT2D eigenvalue weighted by atomic mass is 127. The van der Waals surface area contributed by atoms with Gasteiger partial charge < -0.3 is 11.1 Å². The van der Waals surface area contributed by atoms with Gasteiger partial charge in [-0.15, -0.1) is 0 Å². The molecule has 0 heterocycles. The molecule has 0 spiro atoms. The molecule has 3 N–H and O–H groups in total. The topological polar surface area (TPSA) is 55.1 Å². The predicted molar refractivity (Wildman–Crippen MR) is 83.5 cm³/mol. The maximum atomic E-state index is 13.0. The lowest BCUT2D eigenvalue weighted by Gasteiger charge is -2.31. The van der Waals surface area contributed by atoms with Gasteiger partial charge in [-0.3, -0.25) is 4.79 Å². The van der Waals surface area contributed by atoms with Gasteiger partial charge in [0.15, 0.2) is 0 Å². The summed E-state index contributed by atoms with van der Waals surface area (Å²) in [7, 11) is 0. The molecule has 106 valence electrons. The molecule has 0 fully saturated rings. The number of hydrogen-bond acceptors (Lipinski definition) is 2. The third-order valence-electron chi connectivity index (χ3n) is 2.90. The van der Waals surface area contributed by atoms with E-state index >= 15 is 0 Å². The first-order chi connectivity index (χ1) is 8.77. The van der Waals surface area contributed by atoms with Crippen LogP contribution in [0.5, 0.6) is 0 Å². The van der Waals surface area contributed by atoms with Crippen molar-refractivity contribution in [1.29, 1.82) is 0 Å². The van der Waals surface area contributed by atoms with E-state index in [4.69, 9.17) is 5.73 Å². The van der Waals surface area contributed by atoms with E-state index in [9.17, 15) is 9.18 Å². The molecule has 1 atom stereocenters. The van der Waals surface area contributed by atoms with Crippen LogP contribution in [0.1, 0.15) is 37.6 Å². The van der Waals surface area contributed by atoms with E-state index in [1.54, 1.807) is 0 Å². The van der Waals surface area contributed by atoms with Crippen molar-refractivity contribution >= 4 is 28.5 Å². The van der Waals surface area contributed by atoms with Crippen molar-refractivity contribution < 1.29 is 9.18 Å². The number of benzene rings is 1. The molecule has 0 saturated carbocycles. The molecule has 1 aromatic rings. The Hall–Kier alpha value is -0.690. The lowest BCUT2D eigenvalue weighted by Crippen LogP contribution is -2.52. The molecule has 0 saturated heterocycles. The van der Waals surface area contributed by atoms with Gasteiger partial charge >= 0.3 is 0 Å². The average Bonchev–Trinajstić information content (AvgIpc) is 2.27. The highest BCUT2D eigenvalue weighted by Gasteiger charge is 2.27. The molecule has 3 nitrogen and oxygen atoms in total. The number of rotatable bonds is 5. The highest BCUT2D eigenvalue weighted by molar-refractivity contribution is 14.1. The number of nitrogens with one attached hydrogen (secondary N) is 1. The Morgan fingerprint density at radius 2 is 2.16 bits per heavy atom. The van der Waals surface area contributed by atoms with E-state index in [1.807, 2.05) is 29.5 Å². The average molecular weight is 378 g/mol. The lowest BCUT2D eigenvalue weighted by atomic mass is 9.90. The molecular weight excluding hydrogens is 358 g/mol. The minimum absolute atomic E-state index is 0.210. The van der Waals surface area contributed by atoms with E-state index < -0.39 is 5.54 Å². The molecule has 0 aliphatic heterocycles. The first-order valence-electron chi connectivity index (χ1n) is 6.25. The molecule has 1 unspecified atom stereocenters. The Morgan fingerprint density at radius 1 is 1.53 bits per heavy atom. The van der Waals surface area contributed by atoms with Gasteiger partial charge in [0.2, 0.25) is 0 Å². The molecule has 0 aliphatic carbocycles. The normalized spacial score (nSPS) is 14.3. The zero-order valence-corrected chi connectivity index (χ0v) is 13.6. The van der Waals surface area contributed by atoms with Crippen molar-refractivity contribution in [2.24, 2.45) is 11.7 Å². The molecule has 5 heteroatoms. The third-order valence-corrected chi connectivity index (χ3v) is 3.79. The molecule has 1 aromatic carbocycles. The van der Waals surface area contributed by atoms with Crippen molar-refractivity contribution in [3.8, 4) is 0 Å². The number of amides is 1. The first kappa shape index (κ1) is 16.4. The second kappa shape index (κ2) is 6.65. The number of halogens is 2. The zero-order chi connectivity index (χ0) is 14.6. The minimum Gasteiger partial charge on any atom is -0.346 e. The Labute approximate surface area is 127 Å². The van der Waals surface area contributed by atoms with Crippen molar-refractivity contribution in [2.75, 3.05) is 6.54 Å². The smallest absolute Gasteiger partial charge is 0.252 e. The second-order valence-corrected chi connectivity index (χ2v) is 6.60. The molecular formula is C14H20FIN2O. The fourth-order valence-corrected chi connectivity index (χ4v) is 2.82. The summed E-state index contributed by atoms with van der Waals surface area (Å²) in [5, 5.41) is 2.96. The number of hydrogen-bond donors (Lipinski definition) is 2. The van der Waals surface area contributed by atoms with E-state index in [-0.39, 0.29) is 11.7 Å². The Balaban J connectivity index is 2.88. The summed E-state index contributed by atoms with van der Waals surface area (Å²) in [6, 6.07) is 4.13. The van der Waals surface area contributed by atoms with Crippen LogP contribution in [0.2, 0.25) is 0 Å². The van der Waals surface area contributed by atoms with E-state index in [0.29, 0.717) is 21.6 Å². The molecule has 1 rings (SSSR count). The standard InChI is InChI=1S/C14H20FIN2O/c1-9(2)7-14(3,8-17)18-13(19)11-5-4-10(15)6-12(11)16/h4-6,9H,7-8,17H2,1-3H3,(H,18,19). The number of nitrogens with two attached hydrogens (primary N) is 1. The summed E-state index contributed by atoms with van der Waals surface area (Å²) in [6.45, 7) is 6.47. The molecule has 0 bridgehead atoms. The van der Waals surface area contributed by atoms with Crippen LogP contribution in [0.15, 0.2) is 18.2 Å².